The summed E-state index contributed by atoms with van der Waals surface area (Å²) in [4.78, 5) is 41.2. The number of carbonyl (C=O) groups excluding carboxylic acids is 3. The number of methoxy groups -OCH3 is 1. The molecule has 2 N–H and O–H groups in total. The largest absolute Gasteiger partial charge is 0.497 e. The molecule has 2 atom stereocenters. The van der Waals surface area contributed by atoms with Gasteiger partial charge in [0.25, 0.3) is 0 Å². The van der Waals surface area contributed by atoms with Crippen LogP contribution in [-0.2, 0) is 16.1 Å². The fourth-order valence-electron chi connectivity index (χ4n) is 4.05. The average Bonchev–Trinajstić information content (AvgIpc) is 3.44. The van der Waals surface area contributed by atoms with E-state index in [0.29, 0.717) is 42.5 Å². The molecule has 2 aromatic rings. The van der Waals surface area contributed by atoms with E-state index in [1.807, 2.05) is 18.2 Å². The number of nitrogens with one attached hydrogen (secondary N) is 2. The van der Waals surface area contributed by atoms with E-state index in [1.54, 1.807) is 42.3 Å². The van der Waals surface area contributed by atoms with E-state index in [9.17, 15) is 14.4 Å². The molecule has 2 saturated heterocycles. The lowest BCUT2D eigenvalue weighted by atomic mass is 10.1. The molecule has 2 heterocycles. The molecule has 0 aliphatic carbocycles. The van der Waals surface area contributed by atoms with Crippen molar-refractivity contribution in [1.82, 2.24) is 15.5 Å². The van der Waals surface area contributed by atoms with E-state index >= 15 is 0 Å². The molecule has 0 radical (unpaired) electrons. The predicted molar refractivity (Wildman–Crippen MR) is 121 cm³/mol. The summed E-state index contributed by atoms with van der Waals surface area (Å²) in [5, 5.41) is 6.29. The number of benzene rings is 2. The first kappa shape index (κ1) is 22.0. The molecule has 2 aromatic carbocycles. The first-order valence-corrected chi connectivity index (χ1v) is 10.9. The molecule has 4 rings (SSSR count). The summed E-state index contributed by atoms with van der Waals surface area (Å²) < 4.78 is 5.22. The Balaban J connectivity index is 1.31. The number of halogens is 1. The Hall–Kier alpha value is -3.26. The highest BCUT2D eigenvalue weighted by Crippen LogP contribution is 2.25. The average molecular weight is 457 g/mol. The smallest absolute Gasteiger partial charge is 0.322 e. The van der Waals surface area contributed by atoms with Gasteiger partial charge in [-0.3, -0.25) is 14.5 Å². The van der Waals surface area contributed by atoms with Crippen LogP contribution >= 0.6 is 11.6 Å². The fraction of sp³-hybridized carbons (Fsp3) is 0.348. The van der Waals surface area contributed by atoms with Crippen LogP contribution in [0.4, 0.5) is 10.5 Å². The van der Waals surface area contributed by atoms with Gasteiger partial charge in [-0.05, 0) is 36.2 Å². The Labute approximate surface area is 191 Å². The van der Waals surface area contributed by atoms with E-state index in [-0.39, 0.29) is 30.3 Å². The van der Waals surface area contributed by atoms with Gasteiger partial charge in [-0.1, -0.05) is 29.8 Å². The zero-order valence-electron chi connectivity index (χ0n) is 17.7. The van der Waals surface area contributed by atoms with Gasteiger partial charge in [0, 0.05) is 36.4 Å². The number of carbonyl (C=O) groups is 3. The Kier molecular flexibility index (Phi) is 6.50. The third-order valence-electron chi connectivity index (χ3n) is 5.80. The van der Waals surface area contributed by atoms with E-state index in [1.165, 1.54) is 4.90 Å². The van der Waals surface area contributed by atoms with Crippen molar-refractivity contribution in [2.45, 2.75) is 19.0 Å². The van der Waals surface area contributed by atoms with Crippen molar-refractivity contribution in [2.24, 2.45) is 5.92 Å². The zero-order valence-corrected chi connectivity index (χ0v) is 18.5. The second-order valence-electron chi connectivity index (χ2n) is 7.93. The highest BCUT2D eigenvalue weighted by molar-refractivity contribution is 6.30. The topological polar surface area (TPSA) is 91.0 Å². The lowest BCUT2D eigenvalue weighted by Crippen LogP contribution is -2.45. The van der Waals surface area contributed by atoms with Gasteiger partial charge >= 0.3 is 6.03 Å². The number of amides is 4. The van der Waals surface area contributed by atoms with Gasteiger partial charge in [-0.2, -0.15) is 0 Å². The van der Waals surface area contributed by atoms with Gasteiger partial charge < -0.3 is 20.3 Å². The third kappa shape index (κ3) is 4.80. The van der Waals surface area contributed by atoms with E-state index in [0.717, 1.165) is 5.56 Å². The summed E-state index contributed by atoms with van der Waals surface area (Å²) in [6, 6.07) is 13.5. The van der Waals surface area contributed by atoms with Crippen molar-refractivity contribution in [2.75, 3.05) is 31.6 Å². The van der Waals surface area contributed by atoms with Crippen molar-refractivity contribution in [3.63, 3.8) is 0 Å². The standard InChI is InChI=1S/C23H25ClN4O4/c1-32-19-7-3-6-18(11-19)28-14-20(26-23(28)31)22(30)27-9-8-16(13-27)21(29)25-12-15-4-2-5-17(24)10-15/h2-7,10-11,16,20H,8-9,12-14H2,1H3,(H,25,29)(H,26,31). The molecule has 2 fully saturated rings. The second kappa shape index (κ2) is 9.48. The second-order valence-corrected chi connectivity index (χ2v) is 8.37. The van der Waals surface area contributed by atoms with Crippen LogP contribution in [0, 0.1) is 5.92 Å². The Morgan fingerprint density at radius 3 is 2.78 bits per heavy atom. The van der Waals surface area contributed by atoms with Crippen molar-refractivity contribution < 1.29 is 19.1 Å². The van der Waals surface area contributed by atoms with Crippen LogP contribution in [0.2, 0.25) is 5.02 Å². The molecule has 8 nitrogen and oxygen atoms in total. The first-order valence-electron chi connectivity index (χ1n) is 10.5. The molecule has 9 heteroatoms. The highest BCUT2D eigenvalue weighted by atomic mass is 35.5. The molecular weight excluding hydrogens is 432 g/mol. The van der Waals surface area contributed by atoms with Crippen LogP contribution in [0.3, 0.4) is 0 Å². The molecule has 0 saturated carbocycles. The zero-order chi connectivity index (χ0) is 22.7. The molecular formula is C23H25ClN4O4. The number of anilines is 1. The number of hydrogen-bond acceptors (Lipinski definition) is 4. The van der Waals surface area contributed by atoms with Gasteiger partial charge in [0.1, 0.15) is 11.8 Å². The molecule has 0 bridgehead atoms. The minimum Gasteiger partial charge on any atom is -0.497 e. The first-order chi connectivity index (χ1) is 15.4. The van der Waals surface area contributed by atoms with E-state index in [4.69, 9.17) is 16.3 Å². The lowest BCUT2D eigenvalue weighted by molar-refractivity contribution is -0.132. The quantitative estimate of drug-likeness (QED) is 0.698. The summed E-state index contributed by atoms with van der Waals surface area (Å²) in [6.45, 7) is 1.44. The Morgan fingerprint density at radius 2 is 2.00 bits per heavy atom. The van der Waals surface area contributed by atoms with Gasteiger partial charge in [-0.25, -0.2) is 4.79 Å². The van der Waals surface area contributed by atoms with Crippen molar-refractivity contribution >= 4 is 35.1 Å². The summed E-state index contributed by atoms with van der Waals surface area (Å²) in [5.41, 5.74) is 1.58. The van der Waals surface area contributed by atoms with Crippen LogP contribution in [0.1, 0.15) is 12.0 Å². The SMILES string of the molecule is COc1cccc(N2CC(C(=O)N3CCC(C(=O)NCc4cccc(Cl)c4)C3)NC2=O)c1. The van der Waals surface area contributed by atoms with Crippen LogP contribution in [0.15, 0.2) is 48.5 Å². The Morgan fingerprint density at radius 1 is 1.19 bits per heavy atom. The lowest BCUT2D eigenvalue weighted by Gasteiger charge is -2.20. The van der Waals surface area contributed by atoms with Gasteiger partial charge in [0.2, 0.25) is 11.8 Å². The summed E-state index contributed by atoms with van der Waals surface area (Å²) in [6.07, 6.45) is 0.591. The molecule has 0 spiro atoms. The van der Waals surface area contributed by atoms with Crippen LogP contribution in [-0.4, -0.2) is 55.5 Å². The number of hydrogen-bond donors (Lipinski definition) is 2. The van der Waals surface area contributed by atoms with Crippen molar-refractivity contribution in [3.05, 3.63) is 59.1 Å². The molecule has 2 aliphatic heterocycles. The highest BCUT2D eigenvalue weighted by Gasteiger charge is 2.39. The minimum atomic E-state index is -0.651. The number of likely N-dealkylation sites (tertiary alicyclic amines) is 1. The number of urea groups is 1. The van der Waals surface area contributed by atoms with Gasteiger partial charge in [0.15, 0.2) is 0 Å². The summed E-state index contributed by atoms with van der Waals surface area (Å²) in [5.74, 6) is 0.101. The molecule has 2 unspecified atom stereocenters. The third-order valence-corrected chi connectivity index (χ3v) is 6.03. The summed E-state index contributed by atoms with van der Waals surface area (Å²) >= 11 is 5.98. The molecule has 0 aromatic heterocycles. The maximum absolute atomic E-state index is 13.0. The van der Waals surface area contributed by atoms with Crippen LogP contribution in [0.5, 0.6) is 5.75 Å². The van der Waals surface area contributed by atoms with Crippen molar-refractivity contribution in [1.29, 1.82) is 0 Å². The molecule has 168 valence electrons. The van der Waals surface area contributed by atoms with E-state index in [2.05, 4.69) is 10.6 Å². The Bertz CT molecular complexity index is 1030. The van der Waals surface area contributed by atoms with Gasteiger partial charge in [-0.15, -0.1) is 0 Å². The molecule has 32 heavy (non-hydrogen) atoms. The van der Waals surface area contributed by atoms with E-state index < -0.39 is 6.04 Å². The normalized spacial score (nSPS) is 20.2. The van der Waals surface area contributed by atoms with Crippen LogP contribution < -0.4 is 20.3 Å². The fourth-order valence-corrected chi connectivity index (χ4v) is 4.27. The summed E-state index contributed by atoms with van der Waals surface area (Å²) in [7, 11) is 1.56. The van der Waals surface area contributed by atoms with Crippen molar-refractivity contribution in [3.8, 4) is 5.75 Å². The maximum Gasteiger partial charge on any atom is 0.322 e. The van der Waals surface area contributed by atoms with Crippen LogP contribution in [0.25, 0.3) is 0 Å². The van der Waals surface area contributed by atoms with Gasteiger partial charge in [0.05, 0.1) is 19.6 Å². The monoisotopic (exact) mass is 456 g/mol. The number of nitrogens with zero attached hydrogens (tertiary/aromatic N) is 2. The number of rotatable bonds is 6. The minimum absolute atomic E-state index is 0.0891. The molecule has 2 aliphatic rings. The maximum atomic E-state index is 13.0. The molecule has 4 amide bonds. The number of ether oxygens (including phenoxy) is 1. The predicted octanol–water partition coefficient (Wildman–Crippen LogP) is 2.41.